The van der Waals surface area contributed by atoms with E-state index in [0.717, 1.165) is 48.1 Å². The highest BCUT2D eigenvalue weighted by atomic mass is 16.2. The van der Waals surface area contributed by atoms with Crippen LogP contribution in [0.2, 0.25) is 0 Å². The molecule has 6 nitrogen and oxygen atoms in total. The predicted molar refractivity (Wildman–Crippen MR) is 108 cm³/mol. The van der Waals surface area contributed by atoms with Crippen molar-refractivity contribution < 1.29 is 4.79 Å². The van der Waals surface area contributed by atoms with Gasteiger partial charge < -0.3 is 9.88 Å². The van der Waals surface area contributed by atoms with Crippen LogP contribution >= 0.6 is 0 Å². The molecule has 0 radical (unpaired) electrons. The van der Waals surface area contributed by atoms with E-state index < -0.39 is 0 Å². The lowest BCUT2D eigenvalue weighted by molar-refractivity contribution is 0.0689. The van der Waals surface area contributed by atoms with Crippen LogP contribution in [0, 0.1) is 0 Å². The van der Waals surface area contributed by atoms with Gasteiger partial charge in [-0.05, 0) is 49.9 Å². The first-order valence-corrected chi connectivity index (χ1v) is 10.6. The fraction of sp³-hybridized carbons (Fsp3) is 0.500. The summed E-state index contributed by atoms with van der Waals surface area (Å²) < 4.78 is 2.05. The Hall–Kier alpha value is -2.63. The topological polar surface area (TPSA) is 66.8 Å². The van der Waals surface area contributed by atoms with E-state index in [0.29, 0.717) is 12.0 Å². The number of carbonyl (C=O) groups is 1. The average molecular weight is 377 g/mol. The first-order chi connectivity index (χ1) is 13.8. The van der Waals surface area contributed by atoms with Gasteiger partial charge in [0.2, 0.25) is 0 Å². The SMILES string of the molecule is O=C(c1ccc2[nH]ccc2c1)N1CCC(n2cc(C3CCCCC3)nn2)CC1. The van der Waals surface area contributed by atoms with Crippen molar-refractivity contribution in [2.45, 2.75) is 56.9 Å². The third kappa shape index (κ3) is 3.32. The van der Waals surface area contributed by atoms with Crippen LogP contribution in [0.25, 0.3) is 10.9 Å². The van der Waals surface area contributed by atoms with E-state index in [1.54, 1.807) is 0 Å². The van der Waals surface area contributed by atoms with Crippen LogP contribution in [0.3, 0.4) is 0 Å². The fourth-order valence-corrected chi connectivity index (χ4v) is 4.76. The Morgan fingerprint density at radius 2 is 1.86 bits per heavy atom. The number of piperidine rings is 1. The minimum absolute atomic E-state index is 0.128. The lowest BCUT2D eigenvalue weighted by Gasteiger charge is -2.32. The minimum Gasteiger partial charge on any atom is -0.361 e. The number of hydrogen-bond acceptors (Lipinski definition) is 3. The van der Waals surface area contributed by atoms with Gasteiger partial charge in [-0.3, -0.25) is 4.79 Å². The van der Waals surface area contributed by atoms with Gasteiger partial charge in [-0.25, -0.2) is 4.68 Å². The fourth-order valence-electron chi connectivity index (χ4n) is 4.76. The Bertz CT molecular complexity index is 960. The van der Waals surface area contributed by atoms with Gasteiger partial charge in [0.25, 0.3) is 5.91 Å². The number of carbonyl (C=O) groups excluding carboxylic acids is 1. The number of benzene rings is 1. The van der Waals surface area contributed by atoms with Gasteiger partial charge in [0.15, 0.2) is 0 Å². The molecule has 3 aromatic rings. The zero-order valence-corrected chi connectivity index (χ0v) is 16.2. The van der Waals surface area contributed by atoms with Crippen LogP contribution in [0.1, 0.15) is 73.0 Å². The van der Waals surface area contributed by atoms with Crippen molar-refractivity contribution in [1.29, 1.82) is 0 Å². The standard InChI is InChI=1S/C22H27N5O/c28-22(18-6-7-20-17(14-18)8-11-23-20)26-12-9-19(10-13-26)27-15-21(24-25-27)16-4-2-1-3-5-16/h6-8,11,14-16,19,23H,1-5,9-10,12-13H2. The van der Waals surface area contributed by atoms with Crippen LogP contribution in [0.5, 0.6) is 0 Å². The summed E-state index contributed by atoms with van der Waals surface area (Å²) in [6.45, 7) is 1.54. The Kier molecular flexibility index (Phi) is 4.63. The van der Waals surface area contributed by atoms with Crippen molar-refractivity contribution >= 4 is 16.8 Å². The van der Waals surface area contributed by atoms with Crippen molar-refractivity contribution in [3.8, 4) is 0 Å². The number of amides is 1. The first kappa shape index (κ1) is 17.5. The predicted octanol–water partition coefficient (Wildman–Crippen LogP) is 4.28. The van der Waals surface area contributed by atoms with Gasteiger partial charge in [0.1, 0.15) is 0 Å². The van der Waals surface area contributed by atoms with Crippen molar-refractivity contribution in [2.24, 2.45) is 0 Å². The number of rotatable bonds is 3. The lowest BCUT2D eigenvalue weighted by atomic mass is 9.87. The molecular formula is C22H27N5O. The quantitative estimate of drug-likeness (QED) is 0.741. The summed E-state index contributed by atoms with van der Waals surface area (Å²) in [6, 6.07) is 8.24. The van der Waals surface area contributed by atoms with E-state index in [9.17, 15) is 4.79 Å². The van der Waals surface area contributed by atoms with E-state index in [1.807, 2.05) is 35.4 Å². The summed E-state index contributed by atoms with van der Waals surface area (Å²) in [5.74, 6) is 0.718. The number of likely N-dealkylation sites (tertiary alicyclic amines) is 1. The summed E-state index contributed by atoms with van der Waals surface area (Å²) in [6.07, 6.45) is 12.4. The number of fused-ring (bicyclic) bond motifs is 1. The Morgan fingerprint density at radius 3 is 2.68 bits per heavy atom. The highest BCUT2D eigenvalue weighted by Crippen LogP contribution is 2.32. The summed E-state index contributed by atoms with van der Waals surface area (Å²) in [4.78, 5) is 18.0. The maximum Gasteiger partial charge on any atom is 0.253 e. The molecule has 0 atom stereocenters. The third-order valence-corrected chi connectivity index (χ3v) is 6.48. The molecule has 2 aliphatic rings. The molecule has 1 saturated heterocycles. The molecule has 2 fully saturated rings. The van der Waals surface area contributed by atoms with Crippen LogP contribution in [0.15, 0.2) is 36.7 Å². The molecular weight excluding hydrogens is 350 g/mol. The average Bonchev–Trinajstić information content (AvgIpc) is 3.43. The third-order valence-electron chi connectivity index (χ3n) is 6.48. The zero-order chi connectivity index (χ0) is 18.9. The Morgan fingerprint density at radius 1 is 1.04 bits per heavy atom. The molecule has 28 heavy (non-hydrogen) atoms. The van der Waals surface area contributed by atoms with Crippen molar-refractivity contribution in [2.75, 3.05) is 13.1 Å². The molecule has 2 aromatic heterocycles. The lowest BCUT2D eigenvalue weighted by Crippen LogP contribution is -2.39. The van der Waals surface area contributed by atoms with Crippen molar-refractivity contribution in [1.82, 2.24) is 24.9 Å². The second kappa shape index (κ2) is 7.41. The highest BCUT2D eigenvalue weighted by Gasteiger charge is 2.26. The molecule has 1 saturated carbocycles. The molecule has 1 aliphatic heterocycles. The number of H-pyrrole nitrogens is 1. The zero-order valence-electron chi connectivity index (χ0n) is 16.2. The largest absolute Gasteiger partial charge is 0.361 e. The molecule has 0 unspecified atom stereocenters. The maximum atomic E-state index is 12.9. The minimum atomic E-state index is 0.128. The summed E-state index contributed by atoms with van der Waals surface area (Å²) in [5, 5.41) is 9.98. The van der Waals surface area contributed by atoms with E-state index >= 15 is 0 Å². The van der Waals surface area contributed by atoms with Gasteiger partial charge in [-0.2, -0.15) is 0 Å². The Labute approximate surface area is 164 Å². The van der Waals surface area contributed by atoms with Crippen LogP contribution in [-0.2, 0) is 0 Å². The van der Waals surface area contributed by atoms with E-state index in [2.05, 4.69) is 26.2 Å². The van der Waals surface area contributed by atoms with Crippen molar-refractivity contribution in [3.05, 3.63) is 47.9 Å². The van der Waals surface area contributed by atoms with E-state index in [-0.39, 0.29) is 5.91 Å². The van der Waals surface area contributed by atoms with E-state index in [1.165, 1.54) is 32.1 Å². The summed E-state index contributed by atoms with van der Waals surface area (Å²) in [7, 11) is 0. The van der Waals surface area contributed by atoms with Gasteiger partial charge in [-0.15, -0.1) is 5.10 Å². The highest BCUT2D eigenvalue weighted by molar-refractivity contribution is 5.98. The maximum absolute atomic E-state index is 12.9. The second-order valence-corrected chi connectivity index (χ2v) is 8.26. The first-order valence-electron chi connectivity index (χ1n) is 10.6. The van der Waals surface area contributed by atoms with Gasteiger partial charge in [-0.1, -0.05) is 24.5 Å². The molecule has 6 heteroatoms. The van der Waals surface area contributed by atoms with Crippen LogP contribution in [0.4, 0.5) is 0 Å². The van der Waals surface area contributed by atoms with Crippen LogP contribution in [-0.4, -0.2) is 43.9 Å². The van der Waals surface area contributed by atoms with E-state index in [4.69, 9.17) is 0 Å². The number of hydrogen-bond donors (Lipinski definition) is 1. The number of nitrogens with zero attached hydrogens (tertiary/aromatic N) is 4. The van der Waals surface area contributed by atoms with Crippen LogP contribution < -0.4 is 0 Å². The summed E-state index contributed by atoms with van der Waals surface area (Å²) >= 11 is 0. The number of nitrogens with one attached hydrogen (secondary N) is 1. The van der Waals surface area contributed by atoms with Gasteiger partial charge >= 0.3 is 0 Å². The molecule has 1 aliphatic carbocycles. The number of aromatic amines is 1. The smallest absolute Gasteiger partial charge is 0.253 e. The molecule has 5 rings (SSSR count). The monoisotopic (exact) mass is 377 g/mol. The second-order valence-electron chi connectivity index (χ2n) is 8.26. The van der Waals surface area contributed by atoms with Gasteiger partial charge in [0.05, 0.1) is 11.7 Å². The number of aromatic nitrogens is 4. The Balaban J connectivity index is 1.22. The van der Waals surface area contributed by atoms with Gasteiger partial charge in [0, 0.05) is 47.9 Å². The molecule has 1 aromatic carbocycles. The molecule has 1 N–H and O–H groups in total. The van der Waals surface area contributed by atoms with Crippen molar-refractivity contribution in [3.63, 3.8) is 0 Å². The molecule has 0 bridgehead atoms. The molecule has 3 heterocycles. The normalized spacial score (nSPS) is 19.4. The molecule has 1 amide bonds. The summed E-state index contributed by atoms with van der Waals surface area (Å²) in [5.41, 5.74) is 3.00. The molecule has 146 valence electrons. The molecule has 0 spiro atoms.